The number of rotatable bonds is 8. The lowest BCUT2D eigenvalue weighted by Crippen LogP contribution is -2.43. The van der Waals surface area contributed by atoms with Crippen LogP contribution in [0.15, 0.2) is 12.4 Å². The Morgan fingerprint density at radius 1 is 1.42 bits per heavy atom. The van der Waals surface area contributed by atoms with Crippen molar-refractivity contribution in [2.75, 3.05) is 39.1 Å². The van der Waals surface area contributed by atoms with Gasteiger partial charge in [-0.2, -0.15) is 0 Å². The highest BCUT2D eigenvalue weighted by atomic mass is 16.5. The van der Waals surface area contributed by atoms with Crippen LogP contribution in [-0.4, -0.2) is 59.4 Å². The van der Waals surface area contributed by atoms with Crippen LogP contribution < -0.4 is 10.1 Å². The standard InChI is InChI=1S/C13H24N4O2/c1-5-6-19-12-7-11(15-10-16-12)14-8-13(2,18)9-17(3)4/h7,10,18H,5-6,8-9H2,1-4H3,(H,14,15,16). The fraction of sp³-hybridized carbons (Fsp3) is 0.692. The summed E-state index contributed by atoms with van der Waals surface area (Å²) in [4.78, 5) is 10.1. The van der Waals surface area contributed by atoms with Crippen molar-refractivity contribution in [2.24, 2.45) is 0 Å². The fourth-order valence-corrected chi connectivity index (χ4v) is 1.74. The third kappa shape index (κ3) is 6.35. The maximum atomic E-state index is 10.2. The molecule has 0 radical (unpaired) electrons. The zero-order valence-corrected chi connectivity index (χ0v) is 12.2. The highest BCUT2D eigenvalue weighted by molar-refractivity contribution is 5.37. The van der Waals surface area contributed by atoms with E-state index >= 15 is 0 Å². The Kier molecular flexibility index (Phi) is 5.98. The average Bonchev–Trinajstić information content (AvgIpc) is 2.33. The summed E-state index contributed by atoms with van der Waals surface area (Å²) < 4.78 is 5.43. The average molecular weight is 268 g/mol. The van der Waals surface area contributed by atoms with Crippen LogP contribution in [0.25, 0.3) is 0 Å². The van der Waals surface area contributed by atoms with E-state index in [9.17, 15) is 5.11 Å². The molecule has 0 aromatic carbocycles. The minimum atomic E-state index is -0.821. The van der Waals surface area contributed by atoms with Crippen LogP contribution in [-0.2, 0) is 0 Å². The first-order valence-corrected chi connectivity index (χ1v) is 6.49. The Morgan fingerprint density at radius 3 is 2.79 bits per heavy atom. The third-order valence-corrected chi connectivity index (χ3v) is 2.40. The van der Waals surface area contributed by atoms with Gasteiger partial charge >= 0.3 is 0 Å². The van der Waals surface area contributed by atoms with Gasteiger partial charge in [-0.05, 0) is 27.4 Å². The molecule has 1 aromatic heterocycles. The Hall–Kier alpha value is -1.40. The van der Waals surface area contributed by atoms with Crippen molar-refractivity contribution in [1.82, 2.24) is 14.9 Å². The number of anilines is 1. The number of hydrogen-bond donors (Lipinski definition) is 2. The predicted octanol–water partition coefficient (Wildman–Crippen LogP) is 0.990. The van der Waals surface area contributed by atoms with Crippen LogP contribution in [0.3, 0.4) is 0 Å². The predicted molar refractivity (Wildman–Crippen MR) is 75.5 cm³/mol. The van der Waals surface area contributed by atoms with Gasteiger partial charge < -0.3 is 20.1 Å². The zero-order valence-electron chi connectivity index (χ0n) is 12.2. The minimum Gasteiger partial charge on any atom is -0.478 e. The van der Waals surface area contributed by atoms with Gasteiger partial charge in [-0.1, -0.05) is 6.92 Å². The van der Waals surface area contributed by atoms with E-state index in [1.165, 1.54) is 6.33 Å². The third-order valence-electron chi connectivity index (χ3n) is 2.40. The van der Waals surface area contributed by atoms with Gasteiger partial charge in [0.15, 0.2) is 0 Å². The Labute approximate surface area is 114 Å². The van der Waals surface area contributed by atoms with Crippen LogP contribution in [0.2, 0.25) is 0 Å². The van der Waals surface area contributed by atoms with Crippen molar-refractivity contribution in [3.63, 3.8) is 0 Å². The number of hydrogen-bond acceptors (Lipinski definition) is 6. The van der Waals surface area contributed by atoms with Crippen molar-refractivity contribution in [2.45, 2.75) is 25.9 Å². The second-order valence-corrected chi connectivity index (χ2v) is 5.18. The quantitative estimate of drug-likeness (QED) is 0.732. The van der Waals surface area contributed by atoms with Crippen LogP contribution in [0.4, 0.5) is 5.82 Å². The molecule has 0 saturated carbocycles. The van der Waals surface area contributed by atoms with E-state index < -0.39 is 5.60 Å². The number of nitrogens with zero attached hydrogens (tertiary/aromatic N) is 3. The van der Waals surface area contributed by atoms with Gasteiger partial charge in [0.05, 0.1) is 12.2 Å². The maximum Gasteiger partial charge on any atom is 0.218 e. The molecule has 6 nitrogen and oxygen atoms in total. The highest BCUT2D eigenvalue weighted by Gasteiger charge is 2.21. The van der Waals surface area contributed by atoms with Crippen molar-refractivity contribution in [3.05, 3.63) is 12.4 Å². The normalized spacial score (nSPS) is 14.2. The van der Waals surface area contributed by atoms with Gasteiger partial charge in [-0.3, -0.25) is 0 Å². The van der Waals surface area contributed by atoms with Gasteiger partial charge in [-0.25, -0.2) is 9.97 Å². The summed E-state index contributed by atoms with van der Waals surface area (Å²) in [5.74, 6) is 1.20. The molecule has 0 fully saturated rings. The maximum absolute atomic E-state index is 10.2. The van der Waals surface area contributed by atoms with Gasteiger partial charge in [0.1, 0.15) is 12.1 Å². The van der Waals surface area contributed by atoms with Crippen LogP contribution >= 0.6 is 0 Å². The van der Waals surface area contributed by atoms with E-state index in [4.69, 9.17) is 4.74 Å². The van der Waals surface area contributed by atoms with Gasteiger partial charge in [0, 0.05) is 19.2 Å². The molecule has 0 aliphatic rings. The minimum absolute atomic E-state index is 0.412. The van der Waals surface area contributed by atoms with E-state index in [1.54, 1.807) is 13.0 Å². The van der Waals surface area contributed by atoms with Gasteiger partial charge in [0.2, 0.25) is 5.88 Å². The molecule has 108 valence electrons. The summed E-state index contributed by atoms with van der Waals surface area (Å²) >= 11 is 0. The van der Waals surface area contributed by atoms with E-state index in [-0.39, 0.29) is 0 Å². The monoisotopic (exact) mass is 268 g/mol. The summed E-state index contributed by atoms with van der Waals surface area (Å²) in [6.07, 6.45) is 2.39. The van der Waals surface area contributed by atoms with Crippen LogP contribution in [0, 0.1) is 0 Å². The summed E-state index contributed by atoms with van der Waals surface area (Å²) in [6, 6.07) is 1.74. The van der Waals surface area contributed by atoms with E-state index in [0.29, 0.717) is 31.4 Å². The smallest absolute Gasteiger partial charge is 0.218 e. The Morgan fingerprint density at radius 2 is 2.16 bits per heavy atom. The fourth-order valence-electron chi connectivity index (χ4n) is 1.74. The summed E-state index contributed by atoms with van der Waals surface area (Å²) in [5.41, 5.74) is -0.821. The highest BCUT2D eigenvalue weighted by Crippen LogP contribution is 2.13. The van der Waals surface area contributed by atoms with E-state index in [2.05, 4.69) is 15.3 Å². The van der Waals surface area contributed by atoms with Crippen molar-refractivity contribution in [1.29, 1.82) is 0 Å². The zero-order chi connectivity index (χ0) is 14.3. The molecular weight excluding hydrogens is 244 g/mol. The number of ether oxygens (including phenoxy) is 1. The number of nitrogens with one attached hydrogen (secondary N) is 1. The lowest BCUT2D eigenvalue weighted by Gasteiger charge is -2.27. The van der Waals surface area contributed by atoms with Crippen molar-refractivity contribution < 1.29 is 9.84 Å². The molecule has 1 aromatic rings. The molecule has 6 heteroatoms. The molecule has 0 spiro atoms. The summed E-state index contributed by atoms with van der Waals surface area (Å²) in [6.45, 7) is 5.45. The molecule has 0 bridgehead atoms. The molecule has 1 heterocycles. The molecule has 1 unspecified atom stereocenters. The first-order valence-electron chi connectivity index (χ1n) is 6.49. The molecular formula is C13H24N4O2. The SMILES string of the molecule is CCCOc1cc(NCC(C)(O)CN(C)C)ncn1. The second-order valence-electron chi connectivity index (χ2n) is 5.18. The van der Waals surface area contributed by atoms with Gasteiger partial charge in [0.25, 0.3) is 0 Å². The number of aliphatic hydroxyl groups is 1. The number of likely N-dealkylation sites (N-methyl/N-ethyl adjacent to an activating group) is 1. The molecule has 0 aliphatic heterocycles. The molecule has 2 N–H and O–H groups in total. The van der Waals surface area contributed by atoms with E-state index in [0.717, 1.165) is 6.42 Å². The summed E-state index contributed by atoms with van der Waals surface area (Å²) in [7, 11) is 3.85. The van der Waals surface area contributed by atoms with Gasteiger partial charge in [-0.15, -0.1) is 0 Å². The van der Waals surface area contributed by atoms with Crippen LogP contribution in [0.5, 0.6) is 5.88 Å². The molecule has 0 aliphatic carbocycles. The largest absolute Gasteiger partial charge is 0.478 e. The number of aromatic nitrogens is 2. The molecule has 0 saturated heterocycles. The first-order chi connectivity index (χ1) is 8.93. The molecule has 0 amide bonds. The molecule has 19 heavy (non-hydrogen) atoms. The topological polar surface area (TPSA) is 70.5 Å². The first kappa shape index (κ1) is 15.7. The second kappa shape index (κ2) is 7.25. The lowest BCUT2D eigenvalue weighted by atomic mass is 10.1. The molecule has 1 rings (SSSR count). The van der Waals surface area contributed by atoms with Crippen molar-refractivity contribution in [3.8, 4) is 5.88 Å². The van der Waals surface area contributed by atoms with E-state index in [1.807, 2.05) is 25.9 Å². The Balaban J connectivity index is 2.52. The Bertz CT molecular complexity index is 383. The lowest BCUT2D eigenvalue weighted by molar-refractivity contribution is 0.0459. The van der Waals surface area contributed by atoms with Crippen molar-refractivity contribution >= 4 is 5.82 Å². The van der Waals surface area contributed by atoms with Crippen LogP contribution in [0.1, 0.15) is 20.3 Å². The molecule has 1 atom stereocenters. The summed E-state index contributed by atoms with van der Waals surface area (Å²) in [5, 5.41) is 13.3.